The molecule has 1 aromatic carbocycles. The molecule has 1 saturated heterocycles. The van der Waals surface area contributed by atoms with Crippen molar-refractivity contribution >= 4 is 11.6 Å². The maximum atomic E-state index is 12.1. The van der Waals surface area contributed by atoms with Crippen molar-refractivity contribution in [2.45, 2.75) is 31.7 Å². The van der Waals surface area contributed by atoms with Gasteiger partial charge in [-0.05, 0) is 68.8 Å². The minimum absolute atomic E-state index is 0.0123. The van der Waals surface area contributed by atoms with E-state index in [-0.39, 0.29) is 5.91 Å². The lowest BCUT2D eigenvalue weighted by atomic mass is 10.1. The van der Waals surface area contributed by atoms with Gasteiger partial charge in [-0.15, -0.1) is 0 Å². The van der Waals surface area contributed by atoms with Crippen molar-refractivity contribution in [1.82, 2.24) is 9.88 Å². The topological polar surface area (TPSA) is 69.0 Å². The van der Waals surface area contributed by atoms with Crippen LogP contribution in [0.2, 0.25) is 0 Å². The number of pyridine rings is 1. The summed E-state index contributed by atoms with van der Waals surface area (Å²) in [5, 5.41) is 11.7. The van der Waals surface area contributed by atoms with E-state index in [0.29, 0.717) is 18.0 Å². The van der Waals surface area contributed by atoms with Gasteiger partial charge in [0, 0.05) is 18.3 Å². The maximum Gasteiger partial charge on any atom is 0.224 e. The monoisotopic (exact) mass is 334 g/mol. The van der Waals surface area contributed by atoms with E-state index in [9.17, 15) is 4.79 Å². The molecule has 1 fully saturated rings. The number of nitrogens with zero attached hydrogens (tertiary/aromatic N) is 3. The van der Waals surface area contributed by atoms with Crippen LogP contribution in [0.3, 0.4) is 0 Å². The Bertz CT molecular complexity index is 737. The van der Waals surface area contributed by atoms with Gasteiger partial charge in [0.15, 0.2) is 0 Å². The van der Waals surface area contributed by atoms with Gasteiger partial charge in [0.2, 0.25) is 5.91 Å². The van der Waals surface area contributed by atoms with Gasteiger partial charge in [0.1, 0.15) is 0 Å². The van der Waals surface area contributed by atoms with E-state index >= 15 is 0 Å². The van der Waals surface area contributed by atoms with E-state index in [0.717, 1.165) is 37.3 Å². The Kier molecular flexibility index (Phi) is 5.76. The second-order valence-corrected chi connectivity index (χ2v) is 6.29. The molecule has 128 valence electrons. The second kappa shape index (κ2) is 8.41. The van der Waals surface area contributed by atoms with Gasteiger partial charge in [0.25, 0.3) is 0 Å². The Morgan fingerprint density at radius 1 is 1.28 bits per heavy atom. The largest absolute Gasteiger partial charge is 0.326 e. The van der Waals surface area contributed by atoms with E-state index in [1.54, 1.807) is 24.3 Å². The molecule has 0 unspecified atom stereocenters. The Balaban J connectivity index is 1.45. The smallest absolute Gasteiger partial charge is 0.224 e. The SMILES string of the molecule is N#Cc1ccc(NC(=O)CCCN2CCC[C@H]2c2ccccn2)cc1. The molecule has 0 saturated carbocycles. The van der Waals surface area contributed by atoms with Gasteiger partial charge in [-0.2, -0.15) is 5.26 Å². The van der Waals surface area contributed by atoms with E-state index < -0.39 is 0 Å². The quantitative estimate of drug-likeness (QED) is 0.878. The number of carbonyl (C=O) groups excluding carboxylic acids is 1. The summed E-state index contributed by atoms with van der Waals surface area (Å²) >= 11 is 0. The van der Waals surface area contributed by atoms with Crippen molar-refractivity contribution < 1.29 is 4.79 Å². The molecule has 1 aliphatic heterocycles. The molecule has 3 rings (SSSR count). The van der Waals surface area contributed by atoms with Crippen molar-refractivity contribution in [2.24, 2.45) is 0 Å². The number of benzene rings is 1. The summed E-state index contributed by atoms with van der Waals surface area (Å²) in [4.78, 5) is 19.0. The molecular weight excluding hydrogens is 312 g/mol. The highest BCUT2D eigenvalue weighted by atomic mass is 16.1. The molecule has 1 atom stereocenters. The number of hydrogen-bond acceptors (Lipinski definition) is 4. The van der Waals surface area contributed by atoms with Crippen LogP contribution in [0.1, 0.15) is 43.0 Å². The lowest BCUT2D eigenvalue weighted by Gasteiger charge is -2.23. The first-order valence-corrected chi connectivity index (χ1v) is 8.71. The van der Waals surface area contributed by atoms with Crippen LogP contribution in [-0.2, 0) is 4.79 Å². The fraction of sp³-hybridized carbons (Fsp3) is 0.350. The number of nitriles is 1. The van der Waals surface area contributed by atoms with E-state index in [1.807, 2.05) is 18.3 Å². The highest BCUT2D eigenvalue weighted by Gasteiger charge is 2.26. The molecule has 0 bridgehead atoms. The summed E-state index contributed by atoms with van der Waals surface area (Å²) in [5.41, 5.74) is 2.45. The third-order valence-corrected chi connectivity index (χ3v) is 4.54. The fourth-order valence-corrected chi connectivity index (χ4v) is 3.30. The van der Waals surface area contributed by atoms with Crippen molar-refractivity contribution in [3.63, 3.8) is 0 Å². The van der Waals surface area contributed by atoms with Crippen LogP contribution < -0.4 is 5.32 Å². The van der Waals surface area contributed by atoms with Gasteiger partial charge in [-0.25, -0.2) is 0 Å². The molecule has 5 heteroatoms. The first-order valence-electron chi connectivity index (χ1n) is 8.71. The van der Waals surface area contributed by atoms with Crippen LogP contribution in [0.5, 0.6) is 0 Å². The number of amides is 1. The molecule has 1 amide bonds. The number of carbonyl (C=O) groups is 1. The second-order valence-electron chi connectivity index (χ2n) is 6.29. The zero-order valence-electron chi connectivity index (χ0n) is 14.2. The van der Waals surface area contributed by atoms with Gasteiger partial charge >= 0.3 is 0 Å². The molecule has 1 N–H and O–H groups in total. The van der Waals surface area contributed by atoms with Crippen LogP contribution in [0.4, 0.5) is 5.69 Å². The highest BCUT2D eigenvalue weighted by Crippen LogP contribution is 2.30. The van der Waals surface area contributed by atoms with Gasteiger partial charge < -0.3 is 5.32 Å². The van der Waals surface area contributed by atoms with Crippen molar-refractivity contribution in [3.8, 4) is 6.07 Å². The number of likely N-dealkylation sites (tertiary alicyclic amines) is 1. The number of aromatic nitrogens is 1. The first-order chi connectivity index (χ1) is 12.3. The van der Waals surface area contributed by atoms with Gasteiger partial charge in [0.05, 0.1) is 23.4 Å². The standard InChI is InChI=1S/C20H22N4O/c21-15-16-8-10-17(11-9-16)23-20(25)7-4-14-24-13-3-6-19(24)18-5-1-2-12-22-18/h1-2,5,8-12,19H,3-4,6-7,13-14H2,(H,23,25)/t19-/m0/s1. The summed E-state index contributed by atoms with van der Waals surface area (Å²) in [6, 6.07) is 15.4. The van der Waals surface area contributed by atoms with Crippen LogP contribution in [0.15, 0.2) is 48.7 Å². The molecule has 0 spiro atoms. The predicted octanol–water partition coefficient (Wildman–Crippen LogP) is 3.51. The van der Waals surface area contributed by atoms with Gasteiger partial charge in [-0.3, -0.25) is 14.7 Å². The minimum Gasteiger partial charge on any atom is -0.326 e. The predicted molar refractivity (Wildman–Crippen MR) is 96.8 cm³/mol. The Morgan fingerprint density at radius 2 is 2.12 bits per heavy atom. The van der Waals surface area contributed by atoms with E-state index in [4.69, 9.17) is 5.26 Å². The van der Waals surface area contributed by atoms with Crippen LogP contribution in [0.25, 0.3) is 0 Å². The number of rotatable bonds is 6. The molecule has 1 aromatic heterocycles. The minimum atomic E-state index is 0.0123. The first kappa shape index (κ1) is 17.1. The lowest BCUT2D eigenvalue weighted by molar-refractivity contribution is -0.116. The normalized spacial score (nSPS) is 17.2. The lowest BCUT2D eigenvalue weighted by Crippen LogP contribution is -2.26. The average Bonchev–Trinajstić information content (AvgIpc) is 3.11. The number of hydrogen-bond donors (Lipinski definition) is 1. The maximum absolute atomic E-state index is 12.1. The number of anilines is 1. The van der Waals surface area contributed by atoms with Crippen molar-refractivity contribution in [1.29, 1.82) is 5.26 Å². The summed E-state index contributed by atoms with van der Waals surface area (Å²) in [7, 11) is 0. The third kappa shape index (κ3) is 4.65. The molecule has 25 heavy (non-hydrogen) atoms. The average molecular weight is 334 g/mol. The zero-order valence-corrected chi connectivity index (χ0v) is 14.2. The molecule has 1 aliphatic rings. The van der Waals surface area contributed by atoms with Gasteiger partial charge in [-0.1, -0.05) is 6.07 Å². The molecular formula is C20H22N4O. The molecule has 0 aliphatic carbocycles. The third-order valence-electron chi connectivity index (χ3n) is 4.54. The summed E-state index contributed by atoms with van der Waals surface area (Å²) < 4.78 is 0. The highest BCUT2D eigenvalue weighted by molar-refractivity contribution is 5.90. The van der Waals surface area contributed by atoms with E-state index in [2.05, 4.69) is 27.3 Å². The van der Waals surface area contributed by atoms with Crippen molar-refractivity contribution in [2.75, 3.05) is 18.4 Å². The van der Waals surface area contributed by atoms with Crippen LogP contribution >= 0.6 is 0 Å². The Labute approximate surface area is 148 Å². The van der Waals surface area contributed by atoms with Crippen LogP contribution in [0, 0.1) is 11.3 Å². The molecule has 5 nitrogen and oxygen atoms in total. The van der Waals surface area contributed by atoms with E-state index in [1.165, 1.54) is 6.42 Å². The summed E-state index contributed by atoms with van der Waals surface area (Å²) in [5.74, 6) is 0.0123. The molecule has 0 radical (unpaired) electrons. The zero-order chi connectivity index (χ0) is 17.5. The Hall–Kier alpha value is -2.71. The molecule has 2 aromatic rings. The van der Waals surface area contributed by atoms with Crippen LogP contribution in [-0.4, -0.2) is 28.9 Å². The Morgan fingerprint density at radius 3 is 2.84 bits per heavy atom. The summed E-state index contributed by atoms with van der Waals surface area (Å²) in [6.07, 6.45) is 5.47. The van der Waals surface area contributed by atoms with Crippen molar-refractivity contribution in [3.05, 3.63) is 59.9 Å². The number of nitrogens with one attached hydrogen (secondary N) is 1. The fourth-order valence-electron chi connectivity index (χ4n) is 3.30. The summed E-state index contributed by atoms with van der Waals surface area (Å²) in [6.45, 7) is 1.97. The molecule has 2 heterocycles.